The van der Waals surface area contributed by atoms with Gasteiger partial charge in [-0.2, -0.15) is 0 Å². The predicted molar refractivity (Wildman–Crippen MR) is 117 cm³/mol. The standard InChI is InChI=1S/C25H32N2O2/c28-24-14-13-22(18-27(24)23-9-3-1-2-4-10-23)25(29)26-16-15-19-11-12-20-7-5-6-8-21(20)17-19/h5-8,11-12,17,22-23H,1-4,9-10,13-16,18H2,(H,26,29). The number of amides is 2. The largest absolute Gasteiger partial charge is 0.355 e. The Kier molecular flexibility index (Phi) is 6.48. The average Bonchev–Trinajstić information content (AvgIpc) is 3.03. The zero-order chi connectivity index (χ0) is 20.1. The Labute approximate surface area is 173 Å². The minimum Gasteiger partial charge on any atom is -0.355 e. The minimum atomic E-state index is -0.0624. The predicted octanol–water partition coefficient (Wildman–Crippen LogP) is 4.46. The van der Waals surface area contributed by atoms with Crippen LogP contribution in [0.1, 0.15) is 56.9 Å². The Balaban J connectivity index is 1.29. The van der Waals surface area contributed by atoms with Gasteiger partial charge in [-0.1, -0.05) is 68.1 Å². The number of benzene rings is 2. The topological polar surface area (TPSA) is 49.4 Å². The highest BCUT2D eigenvalue weighted by Crippen LogP contribution is 2.27. The Bertz CT molecular complexity index is 855. The molecule has 1 atom stereocenters. The fourth-order valence-corrected chi connectivity index (χ4v) is 4.88. The number of piperidine rings is 1. The Morgan fingerprint density at radius 2 is 1.72 bits per heavy atom. The Morgan fingerprint density at radius 1 is 0.966 bits per heavy atom. The molecule has 154 valence electrons. The summed E-state index contributed by atoms with van der Waals surface area (Å²) in [7, 11) is 0. The zero-order valence-corrected chi connectivity index (χ0v) is 17.2. The van der Waals surface area contributed by atoms with Crippen LogP contribution in [-0.4, -0.2) is 35.8 Å². The molecule has 1 N–H and O–H groups in total. The smallest absolute Gasteiger partial charge is 0.224 e. The molecule has 2 aliphatic rings. The number of hydrogen-bond acceptors (Lipinski definition) is 2. The highest BCUT2D eigenvalue weighted by Gasteiger charge is 2.34. The van der Waals surface area contributed by atoms with Crippen molar-refractivity contribution in [3.05, 3.63) is 48.0 Å². The van der Waals surface area contributed by atoms with E-state index in [0.717, 1.165) is 19.3 Å². The molecule has 4 nitrogen and oxygen atoms in total. The minimum absolute atomic E-state index is 0.0624. The van der Waals surface area contributed by atoms with Gasteiger partial charge < -0.3 is 10.2 Å². The second-order valence-electron chi connectivity index (χ2n) is 8.65. The van der Waals surface area contributed by atoms with Gasteiger partial charge >= 0.3 is 0 Å². The number of fused-ring (bicyclic) bond motifs is 1. The highest BCUT2D eigenvalue weighted by atomic mass is 16.2. The molecule has 2 aromatic carbocycles. The molecular weight excluding hydrogens is 360 g/mol. The zero-order valence-electron chi connectivity index (χ0n) is 17.2. The van der Waals surface area contributed by atoms with E-state index in [1.54, 1.807) is 0 Å². The molecule has 4 rings (SSSR count). The molecule has 4 heteroatoms. The van der Waals surface area contributed by atoms with Crippen molar-refractivity contribution in [2.75, 3.05) is 13.1 Å². The third kappa shape index (κ3) is 4.98. The maximum atomic E-state index is 12.8. The normalized spacial score (nSPS) is 21.2. The van der Waals surface area contributed by atoms with Crippen LogP contribution in [0.25, 0.3) is 10.8 Å². The second-order valence-corrected chi connectivity index (χ2v) is 8.65. The van der Waals surface area contributed by atoms with E-state index >= 15 is 0 Å². The first kappa shape index (κ1) is 19.9. The molecule has 2 amide bonds. The SMILES string of the molecule is O=C(NCCc1ccc2ccccc2c1)C1CCC(=O)N(C2CCCCCC2)C1. The van der Waals surface area contributed by atoms with Gasteiger partial charge in [0.05, 0.1) is 5.92 Å². The van der Waals surface area contributed by atoms with Crippen molar-refractivity contribution in [1.29, 1.82) is 0 Å². The summed E-state index contributed by atoms with van der Waals surface area (Å²) in [5.41, 5.74) is 1.24. The third-order valence-electron chi connectivity index (χ3n) is 6.61. The van der Waals surface area contributed by atoms with Crippen molar-refractivity contribution in [3.8, 4) is 0 Å². The summed E-state index contributed by atoms with van der Waals surface area (Å²) in [4.78, 5) is 27.3. The number of rotatable bonds is 5. The van der Waals surface area contributed by atoms with Gasteiger partial charge in [-0.05, 0) is 42.0 Å². The number of carbonyl (C=O) groups excluding carboxylic acids is 2. The molecule has 29 heavy (non-hydrogen) atoms. The van der Waals surface area contributed by atoms with E-state index in [1.165, 1.54) is 42.0 Å². The van der Waals surface area contributed by atoms with E-state index in [-0.39, 0.29) is 17.7 Å². The molecule has 1 heterocycles. The summed E-state index contributed by atoms with van der Waals surface area (Å²) in [6, 6.07) is 15.2. The third-order valence-corrected chi connectivity index (χ3v) is 6.61. The first-order valence-electron chi connectivity index (χ1n) is 11.3. The Morgan fingerprint density at radius 3 is 2.52 bits per heavy atom. The van der Waals surface area contributed by atoms with Gasteiger partial charge in [0, 0.05) is 25.6 Å². The van der Waals surface area contributed by atoms with Gasteiger partial charge in [0.15, 0.2) is 0 Å². The van der Waals surface area contributed by atoms with E-state index in [0.29, 0.717) is 32.0 Å². The molecule has 1 aliphatic heterocycles. The van der Waals surface area contributed by atoms with Crippen molar-refractivity contribution in [2.24, 2.45) is 5.92 Å². The lowest BCUT2D eigenvalue weighted by Crippen LogP contribution is -2.50. The summed E-state index contributed by atoms with van der Waals surface area (Å²) >= 11 is 0. The number of hydrogen-bond donors (Lipinski definition) is 1. The van der Waals surface area contributed by atoms with Gasteiger partial charge in [0.1, 0.15) is 0 Å². The quantitative estimate of drug-likeness (QED) is 0.764. The van der Waals surface area contributed by atoms with Crippen LogP contribution >= 0.6 is 0 Å². The molecule has 1 unspecified atom stereocenters. The molecule has 0 spiro atoms. The molecular formula is C25H32N2O2. The van der Waals surface area contributed by atoms with E-state index in [4.69, 9.17) is 0 Å². The van der Waals surface area contributed by atoms with E-state index < -0.39 is 0 Å². The maximum absolute atomic E-state index is 12.8. The lowest BCUT2D eigenvalue weighted by molar-refractivity contribution is -0.141. The van der Waals surface area contributed by atoms with E-state index in [2.05, 4.69) is 47.8 Å². The highest BCUT2D eigenvalue weighted by molar-refractivity contribution is 5.84. The summed E-state index contributed by atoms with van der Waals surface area (Å²) in [5.74, 6) is 0.293. The van der Waals surface area contributed by atoms with Crippen LogP contribution in [0.3, 0.4) is 0 Å². The van der Waals surface area contributed by atoms with E-state index in [9.17, 15) is 9.59 Å². The molecule has 2 aromatic rings. The summed E-state index contributed by atoms with van der Waals surface area (Å²) < 4.78 is 0. The molecule has 0 aromatic heterocycles. The summed E-state index contributed by atoms with van der Waals surface area (Å²) in [6.45, 7) is 1.25. The van der Waals surface area contributed by atoms with Gasteiger partial charge in [-0.25, -0.2) is 0 Å². The van der Waals surface area contributed by atoms with Crippen molar-refractivity contribution in [3.63, 3.8) is 0 Å². The second kappa shape index (κ2) is 9.43. The fraction of sp³-hybridized carbons (Fsp3) is 0.520. The van der Waals surface area contributed by atoms with Gasteiger partial charge in [-0.3, -0.25) is 9.59 Å². The molecule has 2 fully saturated rings. The summed E-state index contributed by atoms with van der Waals surface area (Å²) in [5, 5.41) is 5.60. The van der Waals surface area contributed by atoms with Gasteiger partial charge in [0.2, 0.25) is 11.8 Å². The lowest BCUT2D eigenvalue weighted by atomic mass is 9.93. The van der Waals surface area contributed by atoms with Crippen LogP contribution in [0.5, 0.6) is 0 Å². The summed E-state index contributed by atoms with van der Waals surface area (Å²) in [6.07, 6.45) is 9.18. The number of nitrogens with zero attached hydrogens (tertiary/aromatic N) is 1. The monoisotopic (exact) mass is 392 g/mol. The van der Waals surface area contributed by atoms with Crippen molar-refractivity contribution >= 4 is 22.6 Å². The lowest BCUT2D eigenvalue weighted by Gasteiger charge is -2.37. The van der Waals surface area contributed by atoms with Crippen LogP contribution in [0.15, 0.2) is 42.5 Å². The number of carbonyl (C=O) groups is 2. The van der Waals surface area contributed by atoms with Gasteiger partial charge in [0.25, 0.3) is 0 Å². The first-order valence-corrected chi connectivity index (χ1v) is 11.3. The van der Waals surface area contributed by atoms with Crippen LogP contribution in [0, 0.1) is 5.92 Å². The van der Waals surface area contributed by atoms with Crippen molar-refractivity contribution in [2.45, 2.75) is 63.8 Å². The van der Waals surface area contributed by atoms with E-state index in [1.807, 2.05) is 4.90 Å². The molecule has 1 aliphatic carbocycles. The molecule has 0 bridgehead atoms. The number of nitrogens with one attached hydrogen (secondary N) is 1. The number of likely N-dealkylation sites (tertiary alicyclic amines) is 1. The maximum Gasteiger partial charge on any atom is 0.224 e. The molecule has 1 saturated carbocycles. The van der Waals surface area contributed by atoms with Crippen LogP contribution in [0.4, 0.5) is 0 Å². The first-order chi connectivity index (χ1) is 14.2. The van der Waals surface area contributed by atoms with Crippen LogP contribution < -0.4 is 5.32 Å². The van der Waals surface area contributed by atoms with Crippen LogP contribution in [0.2, 0.25) is 0 Å². The van der Waals surface area contributed by atoms with Crippen LogP contribution in [-0.2, 0) is 16.0 Å². The fourth-order valence-electron chi connectivity index (χ4n) is 4.88. The molecule has 0 radical (unpaired) electrons. The molecule has 1 saturated heterocycles. The Hall–Kier alpha value is -2.36. The average molecular weight is 393 g/mol. The van der Waals surface area contributed by atoms with Crippen molar-refractivity contribution in [1.82, 2.24) is 10.2 Å². The van der Waals surface area contributed by atoms with Crippen molar-refractivity contribution < 1.29 is 9.59 Å². The van der Waals surface area contributed by atoms with Gasteiger partial charge in [-0.15, -0.1) is 0 Å².